The van der Waals surface area contributed by atoms with Crippen molar-refractivity contribution in [3.63, 3.8) is 0 Å². The van der Waals surface area contributed by atoms with Crippen LogP contribution >= 0.6 is 0 Å². The average Bonchev–Trinajstić information content (AvgIpc) is 2.47. The van der Waals surface area contributed by atoms with Crippen molar-refractivity contribution < 1.29 is 0 Å². The largest absolute Gasteiger partial charge is 0.357 e. The van der Waals surface area contributed by atoms with Gasteiger partial charge >= 0.3 is 0 Å². The summed E-state index contributed by atoms with van der Waals surface area (Å²) in [7, 11) is 0. The predicted octanol–water partition coefficient (Wildman–Crippen LogP) is 4.35. The Hall–Kier alpha value is -1.57. The van der Waals surface area contributed by atoms with Gasteiger partial charge < -0.3 is 4.90 Å². The van der Waals surface area contributed by atoms with Crippen molar-refractivity contribution in [3.8, 4) is 0 Å². The first kappa shape index (κ1) is 12.5. The van der Waals surface area contributed by atoms with E-state index in [4.69, 9.17) is 4.98 Å². The van der Waals surface area contributed by atoms with Crippen molar-refractivity contribution in [2.24, 2.45) is 0 Å². The standard InChI is InChI=1S/C17H22N2/c1-13(2)14-6-8-16-15(12-14)7-9-17(18-16)19-10-4-3-5-11-19/h6-9,12-13H,3-5,10-11H2,1-2H3. The van der Waals surface area contributed by atoms with E-state index < -0.39 is 0 Å². The van der Waals surface area contributed by atoms with Crippen molar-refractivity contribution in [1.82, 2.24) is 4.98 Å². The van der Waals surface area contributed by atoms with E-state index in [1.165, 1.54) is 30.2 Å². The molecule has 0 radical (unpaired) electrons. The van der Waals surface area contributed by atoms with Crippen molar-refractivity contribution in [2.45, 2.75) is 39.0 Å². The molecule has 1 saturated heterocycles. The highest BCUT2D eigenvalue weighted by Gasteiger charge is 2.12. The summed E-state index contributed by atoms with van der Waals surface area (Å²) in [5.74, 6) is 1.72. The Kier molecular flexibility index (Phi) is 3.41. The lowest BCUT2D eigenvalue weighted by atomic mass is 10.0. The lowest BCUT2D eigenvalue weighted by Gasteiger charge is -2.27. The van der Waals surface area contributed by atoms with E-state index in [0.717, 1.165) is 24.4 Å². The molecule has 1 aliphatic rings. The van der Waals surface area contributed by atoms with Crippen LogP contribution in [0.25, 0.3) is 10.9 Å². The molecule has 2 heteroatoms. The number of aromatic nitrogens is 1. The van der Waals surface area contributed by atoms with Gasteiger partial charge in [-0.1, -0.05) is 19.9 Å². The number of pyridine rings is 1. The third-order valence-electron chi connectivity index (χ3n) is 4.05. The van der Waals surface area contributed by atoms with Crippen LogP contribution in [0, 0.1) is 0 Å². The quantitative estimate of drug-likeness (QED) is 0.792. The minimum Gasteiger partial charge on any atom is -0.357 e. The van der Waals surface area contributed by atoms with Crippen LogP contribution in [-0.4, -0.2) is 18.1 Å². The Bertz CT molecular complexity index is 568. The first-order chi connectivity index (χ1) is 9.24. The summed E-state index contributed by atoms with van der Waals surface area (Å²) in [4.78, 5) is 7.24. The van der Waals surface area contributed by atoms with E-state index in [-0.39, 0.29) is 0 Å². The van der Waals surface area contributed by atoms with E-state index >= 15 is 0 Å². The Balaban J connectivity index is 1.94. The van der Waals surface area contributed by atoms with Crippen molar-refractivity contribution >= 4 is 16.7 Å². The molecule has 0 amide bonds. The number of piperidine rings is 1. The van der Waals surface area contributed by atoms with Crippen molar-refractivity contribution in [1.29, 1.82) is 0 Å². The fourth-order valence-electron chi connectivity index (χ4n) is 2.79. The average molecular weight is 254 g/mol. The van der Waals surface area contributed by atoms with Gasteiger partial charge in [-0.05, 0) is 55.0 Å². The molecule has 19 heavy (non-hydrogen) atoms. The molecule has 0 saturated carbocycles. The fourth-order valence-corrected chi connectivity index (χ4v) is 2.79. The molecule has 1 fully saturated rings. The van der Waals surface area contributed by atoms with Gasteiger partial charge in [0.1, 0.15) is 5.82 Å². The Morgan fingerprint density at radius 3 is 2.53 bits per heavy atom. The minimum atomic E-state index is 0.575. The second kappa shape index (κ2) is 5.20. The number of rotatable bonds is 2. The highest BCUT2D eigenvalue weighted by atomic mass is 15.2. The summed E-state index contributed by atoms with van der Waals surface area (Å²) in [5, 5.41) is 1.26. The fraction of sp³-hybridized carbons (Fsp3) is 0.471. The summed E-state index contributed by atoms with van der Waals surface area (Å²) in [5.41, 5.74) is 2.51. The molecule has 1 aliphatic heterocycles. The maximum absolute atomic E-state index is 4.83. The van der Waals surface area contributed by atoms with Crippen LogP contribution in [0.5, 0.6) is 0 Å². The van der Waals surface area contributed by atoms with Crippen LogP contribution in [0.4, 0.5) is 5.82 Å². The zero-order chi connectivity index (χ0) is 13.2. The molecule has 1 aromatic heterocycles. The predicted molar refractivity (Wildman–Crippen MR) is 81.9 cm³/mol. The molecular weight excluding hydrogens is 232 g/mol. The molecule has 0 aliphatic carbocycles. The Labute approximate surface area is 115 Å². The zero-order valence-corrected chi connectivity index (χ0v) is 11.9. The first-order valence-electron chi connectivity index (χ1n) is 7.40. The number of hydrogen-bond donors (Lipinski definition) is 0. The number of nitrogens with zero attached hydrogens (tertiary/aromatic N) is 2. The zero-order valence-electron chi connectivity index (χ0n) is 11.9. The maximum Gasteiger partial charge on any atom is 0.129 e. The van der Waals surface area contributed by atoms with E-state index in [2.05, 4.69) is 49.1 Å². The number of fused-ring (bicyclic) bond motifs is 1. The molecule has 0 spiro atoms. The molecule has 3 rings (SSSR count). The summed E-state index contributed by atoms with van der Waals surface area (Å²) in [6.07, 6.45) is 3.96. The van der Waals surface area contributed by atoms with Gasteiger partial charge in [0.15, 0.2) is 0 Å². The second-order valence-corrected chi connectivity index (χ2v) is 5.82. The van der Waals surface area contributed by atoms with Gasteiger partial charge in [0, 0.05) is 18.5 Å². The summed E-state index contributed by atoms with van der Waals surface area (Å²) in [6.45, 7) is 6.78. The molecule has 0 unspecified atom stereocenters. The maximum atomic E-state index is 4.83. The number of anilines is 1. The summed E-state index contributed by atoms with van der Waals surface area (Å²) in [6, 6.07) is 11.0. The van der Waals surface area contributed by atoms with Gasteiger partial charge in [-0.2, -0.15) is 0 Å². The van der Waals surface area contributed by atoms with Gasteiger partial charge in [0.25, 0.3) is 0 Å². The molecule has 100 valence electrons. The van der Waals surface area contributed by atoms with Crippen LogP contribution in [0.1, 0.15) is 44.6 Å². The normalized spacial score (nSPS) is 16.3. The van der Waals surface area contributed by atoms with Crippen LogP contribution in [0.3, 0.4) is 0 Å². The summed E-state index contributed by atoms with van der Waals surface area (Å²) < 4.78 is 0. The number of hydrogen-bond acceptors (Lipinski definition) is 2. The SMILES string of the molecule is CC(C)c1ccc2nc(N3CCCCC3)ccc2c1. The molecule has 0 bridgehead atoms. The third-order valence-corrected chi connectivity index (χ3v) is 4.05. The monoisotopic (exact) mass is 254 g/mol. The van der Waals surface area contributed by atoms with Crippen LogP contribution in [0.2, 0.25) is 0 Å². The molecule has 0 N–H and O–H groups in total. The van der Waals surface area contributed by atoms with Gasteiger partial charge in [0.2, 0.25) is 0 Å². The Morgan fingerprint density at radius 1 is 1.00 bits per heavy atom. The smallest absolute Gasteiger partial charge is 0.129 e. The van der Waals surface area contributed by atoms with Gasteiger partial charge in [-0.3, -0.25) is 0 Å². The highest BCUT2D eigenvalue weighted by molar-refractivity contribution is 5.81. The molecule has 0 atom stereocenters. The van der Waals surface area contributed by atoms with Gasteiger partial charge in [0.05, 0.1) is 5.52 Å². The molecule has 1 aromatic carbocycles. The number of benzene rings is 1. The Morgan fingerprint density at radius 2 is 1.79 bits per heavy atom. The van der Waals surface area contributed by atoms with Crippen LogP contribution < -0.4 is 4.90 Å². The molecule has 2 nitrogen and oxygen atoms in total. The van der Waals surface area contributed by atoms with Gasteiger partial charge in [-0.25, -0.2) is 4.98 Å². The van der Waals surface area contributed by atoms with Crippen LogP contribution in [-0.2, 0) is 0 Å². The van der Waals surface area contributed by atoms with E-state index in [1.807, 2.05) is 0 Å². The topological polar surface area (TPSA) is 16.1 Å². The lowest BCUT2D eigenvalue weighted by molar-refractivity contribution is 0.574. The molecule has 2 aromatic rings. The van der Waals surface area contributed by atoms with Gasteiger partial charge in [-0.15, -0.1) is 0 Å². The molecular formula is C17H22N2. The van der Waals surface area contributed by atoms with Crippen LogP contribution in [0.15, 0.2) is 30.3 Å². The summed E-state index contributed by atoms with van der Waals surface area (Å²) >= 11 is 0. The van der Waals surface area contributed by atoms with Crippen molar-refractivity contribution in [3.05, 3.63) is 35.9 Å². The minimum absolute atomic E-state index is 0.575. The highest BCUT2D eigenvalue weighted by Crippen LogP contribution is 2.24. The third kappa shape index (κ3) is 2.58. The second-order valence-electron chi connectivity index (χ2n) is 5.82. The molecule has 2 heterocycles. The van der Waals surface area contributed by atoms with Crippen molar-refractivity contribution in [2.75, 3.05) is 18.0 Å². The van der Waals surface area contributed by atoms with E-state index in [0.29, 0.717) is 5.92 Å². The first-order valence-corrected chi connectivity index (χ1v) is 7.40. The van der Waals surface area contributed by atoms with E-state index in [1.54, 1.807) is 0 Å². The van der Waals surface area contributed by atoms with E-state index in [9.17, 15) is 0 Å². The lowest BCUT2D eigenvalue weighted by Crippen LogP contribution is -2.30.